The summed E-state index contributed by atoms with van der Waals surface area (Å²) in [7, 11) is 0. The second kappa shape index (κ2) is 9.94. The van der Waals surface area contributed by atoms with Crippen LogP contribution in [0.3, 0.4) is 0 Å². The molecule has 0 fully saturated rings. The van der Waals surface area contributed by atoms with Crippen LogP contribution >= 0.6 is 11.6 Å². The summed E-state index contributed by atoms with van der Waals surface area (Å²) in [4.78, 5) is 25.5. The third-order valence-corrected chi connectivity index (χ3v) is 4.90. The van der Waals surface area contributed by atoms with Crippen LogP contribution in [0, 0.1) is 0 Å². The number of hydrogen-bond acceptors (Lipinski definition) is 3. The molecule has 0 aliphatic carbocycles. The van der Waals surface area contributed by atoms with Crippen molar-refractivity contribution < 1.29 is 14.3 Å². The van der Waals surface area contributed by atoms with E-state index in [1.54, 1.807) is 55.5 Å². The number of carbonyl (C=O) groups is 2. The van der Waals surface area contributed by atoms with Crippen LogP contribution in [0.2, 0.25) is 5.02 Å². The van der Waals surface area contributed by atoms with E-state index in [1.807, 2.05) is 37.3 Å². The van der Waals surface area contributed by atoms with Crippen molar-refractivity contribution in [1.29, 1.82) is 0 Å². The number of ether oxygens (including phenoxy) is 1. The van der Waals surface area contributed by atoms with Crippen LogP contribution in [0.25, 0.3) is 0 Å². The number of amides is 2. The third kappa shape index (κ3) is 5.39. The number of carbonyl (C=O) groups excluding carboxylic acids is 2. The van der Waals surface area contributed by atoms with Gasteiger partial charge in [-0.05, 0) is 43.7 Å². The first kappa shape index (κ1) is 21.4. The van der Waals surface area contributed by atoms with Gasteiger partial charge in [-0.15, -0.1) is 0 Å². The van der Waals surface area contributed by atoms with Gasteiger partial charge in [0.05, 0.1) is 22.3 Å². The molecule has 5 nitrogen and oxygen atoms in total. The molecule has 2 amide bonds. The zero-order valence-corrected chi connectivity index (χ0v) is 17.5. The predicted molar refractivity (Wildman–Crippen MR) is 119 cm³/mol. The highest BCUT2D eigenvalue weighted by atomic mass is 35.5. The normalized spacial score (nSPS) is 12.5. The van der Waals surface area contributed by atoms with Crippen molar-refractivity contribution in [2.24, 2.45) is 0 Å². The molecule has 6 heteroatoms. The molecule has 0 saturated heterocycles. The summed E-state index contributed by atoms with van der Waals surface area (Å²) in [6.07, 6.45) is -0.802. The average Bonchev–Trinajstić information content (AvgIpc) is 2.76. The monoisotopic (exact) mass is 422 g/mol. The summed E-state index contributed by atoms with van der Waals surface area (Å²) in [5.41, 5.74) is 1.78. The van der Waals surface area contributed by atoms with Crippen LogP contribution in [-0.4, -0.2) is 17.9 Å². The number of nitrogens with one attached hydrogen (secondary N) is 2. The molecule has 0 radical (unpaired) electrons. The number of para-hydroxylation sites is 2. The van der Waals surface area contributed by atoms with Crippen molar-refractivity contribution in [1.82, 2.24) is 5.32 Å². The van der Waals surface area contributed by atoms with Crippen LogP contribution < -0.4 is 15.4 Å². The Morgan fingerprint density at radius 3 is 2.23 bits per heavy atom. The molecule has 0 spiro atoms. The Balaban J connectivity index is 1.69. The lowest BCUT2D eigenvalue weighted by Crippen LogP contribution is -2.32. The largest absolute Gasteiger partial charge is 0.479 e. The van der Waals surface area contributed by atoms with E-state index in [1.165, 1.54) is 0 Å². The minimum absolute atomic E-state index is 0.176. The van der Waals surface area contributed by atoms with Crippen molar-refractivity contribution in [2.45, 2.75) is 26.0 Å². The van der Waals surface area contributed by atoms with Gasteiger partial charge in [-0.2, -0.15) is 0 Å². The number of rotatable bonds is 7. The maximum atomic E-state index is 12.8. The van der Waals surface area contributed by atoms with Crippen molar-refractivity contribution in [3.63, 3.8) is 0 Å². The van der Waals surface area contributed by atoms with Gasteiger partial charge in [-0.3, -0.25) is 9.59 Å². The van der Waals surface area contributed by atoms with Gasteiger partial charge in [0.15, 0.2) is 6.10 Å². The molecular formula is C24H23ClN2O3. The Hall–Kier alpha value is -3.31. The molecule has 3 aromatic carbocycles. The maximum Gasteiger partial charge on any atom is 0.265 e. The fourth-order valence-corrected chi connectivity index (χ4v) is 3.09. The molecule has 0 aliphatic rings. The molecule has 0 unspecified atom stereocenters. The van der Waals surface area contributed by atoms with Crippen LogP contribution in [0.4, 0.5) is 5.69 Å². The molecule has 30 heavy (non-hydrogen) atoms. The van der Waals surface area contributed by atoms with Crippen LogP contribution in [0.5, 0.6) is 5.75 Å². The Kier molecular flexibility index (Phi) is 7.09. The second-order valence-corrected chi connectivity index (χ2v) is 7.24. The summed E-state index contributed by atoms with van der Waals surface area (Å²) >= 11 is 6.09. The van der Waals surface area contributed by atoms with Crippen molar-refractivity contribution in [2.75, 3.05) is 5.32 Å². The predicted octanol–water partition coefficient (Wildman–Crippen LogP) is 5.24. The molecule has 0 saturated carbocycles. The molecule has 0 aliphatic heterocycles. The molecule has 3 rings (SSSR count). The molecule has 0 heterocycles. The summed E-state index contributed by atoms with van der Waals surface area (Å²) in [6, 6.07) is 23.3. The van der Waals surface area contributed by atoms with Gasteiger partial charge in [0.1, 0.15) is 5.75 Å². The highest BCUT2D eigenvalue weighted by Gasteiger charge is 2.20. The topological polar surface area (TPSA) is 67.4 Å². The number of halogens is 1. The Bertz CT molecular complexity index is 1020. The van der Waals surface area contributed by atoms with Gasteiger partial charge < -0.3 is 15.4 Å². The van der Waals surface area contributed by atoms with Crippen LogP contribution in [-0.2, 0) is 4.79 Å². The lowest BCUT2D eigenvalue weighted by atomic mass is 10.1. The lowest BCUT2D eigenvalue weighted by molar-refractivity contribution is -0.122. The van der Waals surface area contributed by atoms with Crippen LogP contribution in [0.1, 0.15) is 35.8 Å². The SMILES string of the molecule is C[C@H](Oc1ccccc1Cl)C(=O)Nc1ccccc1C(=O)N[C@H](C)c1ccccc1. The van der Waals surface area contributed by atoms with Crippen LogP contribution in [0.15, 0.2) is 78.9 Å². The highest BCUT2D eigenvalue weighted by molar-refractivity contribution is 6.32. The fourth-order valence-electron chi connectivity index (χ4n) is 2.91. The summed E-state index contributed by atoms with van der Waals surface area (Å²) < 4.78 is 5.66. The summed E-state index contributed by atoms with van der Waals surface area (Å²) in [5, 5.41) is 6.16. The maximum absolute atomic E-state index is 12.8. The fraction of sp³-hybridized carbons (Fsp3) is 0.167. The Morgan fingerprint density at radius 2 is 1.50 bits per heavy atom. The molecule has 0 bridgehead atoms. The van der Waals surface area contributed by atoms with E-state index in [9.17, 15) is 9.59 Å². The van der Waals surface area contributed by atoms with Gasteiger partial charge in [0.25, 0.3) is 11.8 Å². The van der Waals surface area contributed by atoms with Crippen molar-refractivity contribution >= 4 is 29.1 Å². The van der Waals surface area contributed by atoms with Gasteiger partial charge >= 0.3 is 0 Å². The first-order chi connectivity index (χ1) is 14.5. The van der Waals surface area contributed by atoms with Gasteiger partial charge in [-0.25, -0.2) is 0 Å². The molecule has 3 aromatic rings. The van der Waals surface area contributed by atoms with Gasteiger partial charge in [-0.1, -0.05) is 66.2 Å². The quantitative estimate of drug-likeness (QED) is 0.547. The van der Waals surface area contributed by atoms with Crippen molar-refractivity contribution in [3.05, 3.63) is 95.0 Å². The average molecular weight is 423 g/mol. The second-order valence-electron chi connectivity index (χ2n) is 6.83. The third-order valence-electron chi connectivity index (χ3n) is 4.59. The molecule has 2 N–H and O–H groups in total. The first-order valence-electron chi connectivity index (χ1n) is 9.62. The molecule has 154 valence electrons. The van der Waals surface area contributed by atoms with Crippen molar-refractivity contribution in [3.8, 4) is 5.75 Å². The number of hydrogen-bond donors (Lipinski definition) is 2. The van der Waals surface area contributed by atoms with E-state index in [4.69, 9.17) is 16.3 Å². The summed E-state index contributed by atoms with van der Waals surface area (Å²) in [6.45, 7) is 3.53. The first-order valence-corrected chi connectivity index (χ1v) is 10.0. The zero-order chi connectivity index (χ0) is 21.5. The van der Waals surface area contributed by atoms with E-state index in [-0.39, 0.29) is 17.9 Å². The molecule has 2 atom stereocenters. The Labute approximate surface area is 181 Å². The number of benzene rings is 3. The minimum Gasteiger partial charge on any atom is -0.479 e. The molecular weight excluding hydrogens is 400 g/mol. The van der Waals surface area contributed by atoms with E-state index >= 15 is 0 Å². The summed E-state index contributed by atoms with van der Waals surface area (Å²) in [5.74, 6) is -0.238. The Morgan fingerprint density at radius 1 is 0.867 bits per heavy atom. The molecule has 0 aromatic heterocycles. The lowest BCUT2D eigenvalue weighted by Gasteiger charge is -2.18. The highest BCUT2D eigenvalue weighted by Crippen LogP contribution is 2.25. The van der Waals surface area contributed by atoms with Gasteiger partial charge in [0.2, 0.25) is 0 Å². The standard InChI is InChI=1S/C24H23ClN2O3/c1-16(18-10-4-3-5-11-18)26-24(29)19-12-6-8-14-21(19)27-23(28)17(2)30-22-15-9-7-13-20(22)25/h3-17H,1-2H3,(H,26,29)(H,27,28)/t16-,17+/m1/s1. The van der Waals surface area contributed by atoms with E-state index < -0.39 is 6.10 Å². The van der Waals surface area contributed by atoms with E-state index in [0.717, 1.165) is 5.56 Å². The van der Waals surface area contributed by atoms with Gasteiger partial charge in [0, 0.05) is 0 Å². The van der Waals surface area contributed by atoms with E-state index in [2.05, 4.69) is 10.6 Å². The number of anilines is 1. The zero-order valence-electron chi connectivity index (χ0n) is 16.8. The van der Waals surface area contributed by atoms with E-state index in [0.29, 0.717) is 22.0 Å². The smallest absolute Gasteiger partial charge is 0.265 e. The minimum atomic E-state index is -0.802.